The number of carboxylic acids is 1. The second kappa shape index (κ2) is 8.17. The van der Waals surface area contributed by atoms with E-state index in [4.69, 9.17) is 5.11 Å². The fraction of sp³-hybridized carbons (Fsp3) is 0.833. The Kier molecular flexibility index (Phi) is 11.1. The van der Waals surface area contributed by atoms with E-state index in [0.717, 1.165) is 0 Å². The summed E-state index contributed by atoms with van der Waals surface area (Å²) in [6.07, 6.45) is 0.683. The first kappa shape index (κ1) is 13.6. The van der Waals surface area contributed by atoms with Crippen molar-refractivity contribution < 1.29 is 66.4 Å². The van der Waals surface area contributed by atoms with E-state index in [1.54, 1.807) is 6.92 Å². The van der Waals surface area contributed by atoms with Crippen molar-refractivity contribution in [3.63, 3.8) is 0 Å². The average molecular weight is 170 g/mol. The quantitative estimate of drug-likeness (QED) is 0.442. The van der Waals surface area contributed by atoms with Crippen molar-refractivity contribution in [3.8, 4) is 0 Å². The number of aliphatic carboxylic acids is 1. The molecule has 0 radical (unpaired) electrons. The molecule has 0 aliphatic rings. The van der Waals surface area contributed by atoms with Gasteiger partial charge in [-0.3, -0.25) is 0 Å². The van der Waals surface area contributed by atoms with Crippen LogP contribution in [0.1, 0.15) is 26.2 Å². The van der Waals surface area contributed by atoms with E-state index in [-0.39, 0.29) is 57.8 Å². The Hall–Kier alpha value is 1.07. The molecular formula is C6H11KO3. The Morgan fingerprint density at radius 2 is 2.20 bits per heavy atom. The van der Waals surface area contributed by atoms with Gasteiger partial charge in [-0.25, -0.2) is 0 Å². The van der Waals surface area contributed by atoms with Gasteiger partial charge < -0.3 is 15.0 Å². The number of rotatable bonds is 4. The van der Waals surface area contributed by atoms with Gasteiger partial charge in [0.25, 0.3) is 0 Å². The number of carboxylic acid groups (broad SMARTS) is 1. The van der Waals surface area contributed by atoms with Crippen molar-refractivity contribution in [2.75, 3.05) is 0 Å². The van der Waals surface area contributed by atoms with E-state index in [9.17, 15) is 9.90 Å². The molecule has 1 N–H and O–H groups in total. The summed E-state index contributed by atoms with van der Waals surface area (Å²) < 4.78 is 0. The van der Waals surface area contributed by atoms with Gasteiger partial charge in [0.2, 0.25) is 0 Å². The SMILES string of the molecule is C[C@@H](O)CCCC(=O)[O-].[K+]. The van der Waals surface area contributed by atoms with Gasteiger partial charge in [0.1, 0.15) is 0 Å². The fourth-order valence-electron chi connectivity index (χ4n) is 0.542. The Labute approximate surface area is 103 Å². The molecule has 54 valence electrons. The minimum atomic E-state index is -1.05. The van der Waals surface area contributed by atoms with Crippen molar-refractivity contribution in [3.05, 3.63) is 0 Å². The monoisotopic (exact) mass is 170 g/mol. The third-order valence-electron chi connectivity index (χ3n) is 1.00. The third-order valence-corrected chi connectivity index (χ3v) is 1.00. The van der Waals surface area contributed by atoms with Gasteiger partial charge in [-0.2, -0.15) is 0 Å². The number of aliphatic hydroxyl groups excluding tert-OH is 1. The average Bonchev–Trinajstić information content (AvgIpc) is 1.63. The van der Waals surface area contributed by atoms with Crippen LogP contribution in [-0.2, 0) is 4.79 Å². The Morgan fingerprint density at radius 3 is 2.50 bits per heavy atom. The van der Waals surface area contributed by atoms with Gasteiger partial charge in [-0.05, 0) is 26.2 Å². The minimum absolute atomic E-state index is 0. The molecule has 0 aliphatic carbocycles. The van der Waals surface area contributed by atoms with Gasteiger partial charge >= 0.3 is 51.4 Å². The maximum Gasteiger partial charge on any atom is 1.00 e. The Bertz CT molecular complexity index is 93.0. The molecule has 0 aromatic carbocycles. The zero-order chi connectivity index (χ0) is 7.28. The van der Waals surface area contributed by atoms with Crippen LogP contribution in [0.25, 0.3) is 0 Å². The molecule has 0 amide bonds. The first-order chi connectivity index (χ1) is 4.13. The smallest absolute Gasteiger partial charge is 0.550 e. The molecular weight excluding hydrogens is 159 g/mol. The predicted octanol–water partition coefficient (Wildman–Crippen LogP) is -3.71. The van der Waals surface area contributed by atoms with Crippen LogP contribution >= 0.6 is 0 Å². The van der Waals surface area contributed by atoms with Crippen molar-refractivity contribution in [1.82, 2.24) is 0 Å². The van der Waals surface area contributed by atoms with Crippen LogP contribution in [0.4, 0.5) is 0 Å². The molecule has 0 saturated heterocycles. The largest absolute Gasteiger partial charge is 1.00 e. The molecule has 0 bridgehead atoms. The normalized spacial score (nSPS) is 11.8. The summed E-state index contributed by atoms with van der Waals surface area (Å²) >= 11 is 0. The van der Waals surface area contributed by atoms with Crippen molar-refractivity contribution >= 4 is 5.97 Å². The van der Waals surface area contributed by atoms with Gasteiger partial charge in [0, 0.05) is 5.97 Å². The first-order valence-corrected chi connectivity index (χ1v) is 3.01. The van der Waals surface area contributed by atoms with Gasteiger partial charge in [0.15, 0.2) is 0 Å². The van der Waals surface area contributed by atoms with Crippen LogP contribution in [-0.4, -0.2) is 17.2 Å². The van der Waals surface area contributed by atoms with Crippen LogP contribution in [0.5, 0.6) is 0 Å². The van der Waals surface area contributed by atoms with Crippen LogP contribution in [0, 0.1) is 0 Å². The van der Waals surface area contributed by atoms with E-state index in [2.05, 4.69) is 0 Å². The number of hydrogen-bond donors (Lipinski definition) is 1. The molecule has 0 fully saturated rings. The minimum Gasteiger partial charge on any atom is -0.550 e. The van der Waals surface area contributed by atoms with E-state index >= 15 is 0 Å². The van der Waals surface area contributed by atoms with E-state index in [0.29, 0.717) is 12.8 Å². The predicted molar refractivity (Wildman–Crippen MR) is 30.5 cm³/mol. The number of hydrogen-bond acceptors (Lipinski definition) is 3. The van der Waals surface area contributed by atoms with E-state index < -0.39 is 12.1 Å². The first-order valence-electron chi connectivity index (χ1n) is 3.01. The maximum absolute atomic E-state index is 9.79. The Morgan fingerprint density at radius 1 is 1.70 bits per heavy atom. The topological polar surface area (TPSA) is 60.4 Å². The molecule has 0 aromatic rings. The van der Waals surface area contributed by atoms with Gasteiger partial charge in [-0.1, -0.05) is 0 Å². The molecule has 0 unspecified atom stereocenters. The number of carbonyl (C=O) groups is 1. The zero-order valence-corrected chi connectivity index (χ0v) is 9.59. The molecule has 0 spiro atoms. The fourth-order valence-corrected chi connectivity index (χ4v) is 0.542. The standard InChI is InChI=1S/C6H12O3.K/c1-5(7)3-2-4-6(8)9;/h5,7H,2-4H2,1H3,(H,8,9);/q;+1/p-1/t5-;/m1./s1. The number of aliphatic hydroxyl groups is 1. The van der Waals surface area contributed by atoms with Crippen LogP contribution in [0.3, 0.4) is 0 Å². The third kappa shape index (κ3) is 11.8. The second-order valence-electron chi connectivity index (χ2n) is 2.11. The molecule has 0 saturated carbocycles. The molecule has 0 aromatic heterocycles. The molecule has 0 rings (SSSR count). The molecule has 10 heavy (non-hydrogen) atoms. The summed E-state index contributed by atoms with van der Waals surface area (Å²) in [4.78, 5) is 9.79. The maximum atomic E-state index is 9.79. The molecule has 0 heterocycles. The summed E-state index contributed by atoms with van der Waals surface area (Å²) in [5, 5.41) is 18.4. The van der Waals surface area contributed by atoms with Gasteiger partial charge in [0.05, 0.1) is 6.10 Å². The summed E-state index contributed by atoms with van der Waals surface area (Å²) in [7, 11) is 0. The second-order valence-corrected chi connectivity index (χ2v) is 2.11. The summed E-state index contributed by atoms with van der Waals surface area (Å²) in [6.45, 7) is 1.63. The van der Waals surface area contributed by atoms with Crippen LogP contribution in [0.15, 0.2) is 0 Å². The summed E-state index contributed by atoms with van der Waals surface area (Å²) in [6, 6.07) is 0. The van der Waals surface area contributed by atoms with Crippen LogP contribution < -0.4 is 56.5 Å². The van der Waals surface area contributed by atoms with E-state index in [1.165, 1.54) is 0 Å². The summed E-state index contributed by atoms with van der Waals surface area (Å²) in [5.41, 5.74) is 0. The Balaban J connectivity index is 0. The zero-order valence-electron chi connectivity index (χ0n) is 6.46. The molecule has 4 heteroatoms. The van der Waals surface area contributed by atoms with Crippen molar-refractivity contribution in [1.29, 1.82) is 0 Å². The van der Waals surface area contributed by atoms with Crippen molar-refractivity contribution in [2.45, 2.75) is 32.3 Å². The summed E-state index contributed by atoms with van der Waals surface area (Å²) in [5.74, 6) is -1.05. The van der Waals surface area contributed by atoms with Crippen molar-refractivity contribution in [2.24, 2.45) is 0 Å². The van der Waals surface area contributed by atoms with Crippen LogP contribution in [0.2, 0.25) is 0 Å². The molecule has 0 aliphatic heterocycles. The molecule has 3 nitrogen and oxygen atoms in total. The van der Waals surface area contributed by atoms with E-state index in [1.807, 2.05) is 0 Å². The van der Waals surface area contributed by atoms with Gasteiger partial charge in [-0.15, -0.1) is 0 Å². The molecule has 1 atom stereocenters. The number of carbonyl (C=O) groups excluding carboxylic acids is 1.